The lowest BCUT2D eigenvalue weighted by atomic mass is 10.1. The summed E-state index contributed by atoms with van der Waals surface area (Å²) >= 11 is 0. The first kappa shape index (κ1) is 14.4. The first-order chi connectivity index (χ1) is 8.58. The highest BCUT2D eigenvalue weighted by Crippen LogP contribution is 2.08. The first-order valence-electron chi connectivity index (χ1n) is 5.97. The second kappa shape index (κ2) is 6.96. The second-order valence-corrected chi connectivity index (χ2v) is 4.05. The maximum Gasteiger partial charge on any atom is 0.317 e. The Hall–Kier alpha value is -1.62. The van der Waals surface area contributed by atoms with Crippen LogP contribution in [0.25, 0.3) is 0 Å². The number of amides is 2. The van der Waals surface area contributed by atoms with Gasteiger partial charge in [0.25, 0.3) is 0 Å². The molecule has 1 aromatic carbocycles. The average molecular weight is 254 g/mol. The molecule has 18 heavy (non-hydrogen) atoms. The van der Waals surface area contributed by atoms with E-state index in [1.165, 1.54) is 11.0 Å². The molecule has 0 fully saturated rings. The smallest absolute Gasteiger partial charge is 0.317 e. The predicted molar refractivity (Wildman–Crippen MR) is 67.7 cm³/mol. The van der Waals surface area contributed by atoms with Crippen molar-refractivity contribution in [2.75, 3.05) is 19.7 Å². The van der Waals surface area contributed by atoms with Crippen LogP contribution in [0.5, 0.6) is 0 Å². The normalized spacial score (nSPS) is 10.2. The van der Waals surface area contributed by atoms with Crippen molar-refractivity contribution in [3.8, 4) is 0 Å². The number of carbonyl (C=O) groups is 1. The van der Waals surface area contributed by atoms with Gasteiger partial charge in [0.1, 0.15) is 5.82 Å². The molecule has 0 aliphatic rings. The Kier molecular flexibility index (Phi) is 5.58. The van der Waals surface area contributed by atoms with Crippen LogP contribution < -0.4 is 5.32 Å². The zero-order valence-electron chi connectivity index (χ0n) is 10.7. The quantitative estimate of drug-likeness (QED) is 0.839. The number of urea groups is 1. The molecule has 0 heterocycles. The zero-order chi connectivity index (χ0) is 13.5. The molecular weight excluding hydrogens is 235 g/mol. The number of nitrogens with one attached hydrogen (secondary N) is 1. The van der Waals surface area contributed by atoms with Crippen molar-refractivity contribution in [1.29, 1.82) is 0 Å². The van der Waals surface area contributed by atoms with Gasteiger partial charge >= 0.3 is 6.03 Å². The largest absolute Gasteiger partial charge is 0.395 e. The van der Waals surface area contributed by atoms with Gasteiger partial charge in [0.2, 0.25) is 0 Å². The van der Waals surface area contributed by atoms with Crippen LogP contribution in [0.15, 0.2) is 18.2 Å². The molecule has 0 unspecified atom stereocenters. The van der Waals surface area contributed by atoms with E-state index < -0.39 is 0 Å². The molecule has 5 heteroatoms. The summed E-state index contributed by atoms with van der Waals surface area (Å²) in [7, 11) is 0. The number of halogens is 1. The summed E-state index contributed by atoms with van der Waals surface area (Å²) in [6, 6.07) is 4.62. The van der Waals surface area contributed by atoms with Gasteiger partial charge in [-0.05, 0) is 31.0 Å². The number of aryl methyl sites for hydroxylation is 1. The van der Waals surface area contributed by atoms with Crippen molar-refractivity contribution in [1.82, 2.24) is 10.2 Å². The van der Waals surface area contributed by atoms with Gasteiger partial charge in [0.05, 0.1) is 6.61 Å². The molecule has 4 nitrogen and oxygen atoms in total. The fourth-order valence-electron chi connectivity index (χ4n) is 1.56. The van der Waals surface area contributed by atoms with Crippen LogP contribution in [-0.4, -0.2) is 35.7 Å². The highest BCUT2D eigenvalue weighted by molar-refractivity contribution is 5.74. The fourth-order valence-corrected chi connectivity index (χ4v) is 1.56. The van der Waals surface area contributed by atoms with Gasteiger partial charge in [-0.3, -0.25) is 0 Å². The molecule has 0 saturated carbocycles. The van der Waals surface area contributed by atoms with E-state index in [-0.39, 0.29) is 25.0 Å². The summed E-state index contributed by atoms with van der Waals surface area (Å²) in [4.78, 5) is 13.2. The molecule has 0 bridgehead atoms. The molecule has 1 rings (SSSR count). The van der Waals surface area contributed by atoms with Gasteiger partial charge in [-0.2, -0.15) is 0 Å². The van der Waals surface area contributed by atoms with E-state index in [2.05, 4.69) is 5.32 Å². The number of likely N-dealkylation sites (N-methyl/N-ethyl adjacent to an activating group) is 1. The topological polar surface area (TPSA) is 52.6 Å². The Balaban J connectivity index is 2.53. The van der Waals surface area contributed by atoms with E-state index in [9.17, 15) is 9.18 Å². The third-order valence-corrected chi connectivity index (χ3v) is 2.72. The van der Waals surface area contributed by atoms with E-state index in [4.69, 9.17) is 5.11 Å². The summed E-state index contributed by atoms with van der Waals surface area (Å²) in [5.74, 6) is -0.274. The van der Waals surface area contributed by atoms with Crippen LogP contribution in [0.4, 0.5) is 9.18 Å². The summed E-state index contributed by atoms with van der Waals surface area (Å²) in [5.41, 5.74) is 1.30. The standard InChI is InChI=1S/C13H19FN2O2/c1-3-16(6-7-17)13(18)15-9-11-5-4-10(2)12(14)8-11/h4-5,8,17H,3,6-7,9H2,1-2H3,(H,15,18). The van der Waals surface area contributed by atoms with E-state index in [0.29, 0.717) is 24.2 Å². The maximum atomic E-state index is 13.3. The second-order valence-electron chi connectivity index (χ2n) is 4.05. The molecule has 0 saturated heterocycles. The highest BCUT2D eigenvalue weighted by Gasteiger charge is 2.10. The minimum atomic E-state index is -0.274. The lowest BCUT2D eigenvalue weighted by Crippen LogP contribution is -2.41. The number of rotatable bonds is 5. The molecule has 2 N–H and O–H groups in total. The number of carbonyl (C=O) groups excluding carboxylic acids is 1. The molecule has 0 aliphatic heterocycles. The maximum absolute atomic E-state index is 13.3. The van der Waals surface area contributed by atoms with Crippen LogP contribution in [0.1, 0.15) is 18.1 Å². The lowest BCUT2D eigenvalue weighted by Gasteiger charge is -2.20. The van der Waals surface area contributed by atoms with Crippen LogP contribution in [0.3, 0.4) is 0 Å². The van der Waals surface area contributed by atoms with Crippen molar-refractivity contribution in [2.24, 2.45) is 0 Å². The van der Waals surface area contributed by atoms with Crippen LogP contribution in [0, 0.1) is 12.7 Å². The Morgan fingerprint density at radius 2 is 2.22 bits per heavy atom. The Labute approximate surface area is 106 Å². The minimum absolute atomic E-state index is 0.0690. The molecule has 0 aliphatic carbocycles. The van der Waals surface area contributed by atoms with Crippen LogP contribution >= 0.6 is 0 Å². The molecule has 1 aromatic rings. The van der Waals surface area contributed by atoms with Gasteiger partial charge in [-0.15, -0.1) is 0 Å². The van der Waals surface area contributed by atoms with Crippen molar-refractivity contribution < 1.29 is 14.3 Å². The Morgan fingerprint density at radius 3 is 2.78 bits per heavy atom. The molecule has 0 spiro atoms. The third-order valence-electron chi connectivity index (χ3n) is 2.72. The molecule has 0 atom stereocenters. The Bertz CT molecular complexity index is 410. The summed E-state index contributed by atoms with van der Waals surface area (Å²) in [6.07, 6.45) is 0. The summed E-state index contributed by atoms with van der Waals surface area (Å²) in [5, 5.41) is 11.5. The number of nitrogens with zero attached hydrogens (tertiary/aromatic N) is 1. The highest BCUT2D eigenvalue weighted by atomic mass is 19.1. The van der Waals surface area contributed by atoms with Crippen molar-refractivity contribution >= 4 is 6.03 Å². The predicted octanol–water partition coefficient (Wildman–Crippen LogP) is 1.66. The lowest BCUT2D eigenvalue weighted by molar-refractivity contribution is 0.180. The number of aliphatic hydroxyl groups is 1. The van der Waals surface area contributed by atoms with Crippen LogP contribution in [0.2, 0.25) is 0 Å². The van der Waals surface area contributed by atoms with Crippen molar-refractivity contribution in [2.45, 2.75) is 20.4 Å². The molecule has 0 radical (unpaired) electrons. The minimum Gasteiger partial charge on any atom is -0.395 e. The average Bonchev–Trinajstić information content (AvgIpc) is 2.37. The summed E-state index contributed by atoms with van der Waals surface area (Å²) < 4.78 is 13.3. The number of hydrogen-bond donors (Lipinski definition) is 2. The molecule has 0 aromatic heterocycles. The van der Waals surface area contributed by atoms with Gasteiger partial charge in [0, 0.05) is 19.6 Å². The molecule has 2 amide bonds. The monoisotopic (exact) mass is 254 g/mol. The SMILES string of the molecule is CCN(CCO)C(=O)NCc1ccc(C)c(F)c1. The van der Waals surface area contributed by atoms with E-state index in [0.717, 1.165) is 0 Å². The first-order valence-corrected chi connectivity index (χ1v) is 5.97. The molecule has 100 valence electrons. The summed E-state index contributed by atoms with van der Waals surface area (Å²) in [6.45, 7) is 4.55. The fraction of sp³-hybridized carbons (Fsp3) is 0.462. The van der Waals surface area contributed by atoms with E-state index >= 15 is 0 Å². The van der Waals surface area contributed by atoms with E-state index in [1.54, 1.807) is 19.1 Å². The van der Waals surface area contributed by atoms with Crippen molar-refractivity contribution in [3.63, 3.8) is 0 Å². The van der Waals surface area contributed by atoms with Gasteiger partial charge < -0.3 is 15.3 Å². The van der Waals surface area contributed by atoms with E-state index in [1.807, 2.05) is 6.92 Å². The third kappa shape index (κ3) is 4.00. The van der Waals surface area contributed by atoms with Gasteiger partial charge in [-0.25, -0.2) is 9.18 Å². The van der Waals surface area contributed by atoms with Gasteiger partial charge in [0.15, 0.2) is 0 Å². The number of hydrogen-bond acceptors (Lipinski definition) is 2. The molecular formula is C13H19FN2O2. The van der Waals surface area contributed by atoms with Crippen molar-refractivity contribution in [3.05, 3.63) is 35.1 Å². The number of benzene rings is 1. The number of aliphatic hydroxyl groups excluding tert-OH is 1. The van der Waals surface area contributed by atoms with Crippen LogP contribution in [-0.2, 0) is 6.54 Å². The zero-order valence-corrected chi connectivity index (χ0v) is 10.7. The Morgan fingerprint density at radius 1 is 1.50 bits per heavy atom. The van der Waals surface area contributed by atoms with Gasteiger partial charge in [-0.1, -0.05) is 12.1 Å².